The van der Waals surface area contributed by atoms with Crippen LogP contribution in [-0.4, -0.2) is 52.1 Å². The highest BCUT2D eigenvalue weighted by atomic mass is 16.6. The molecular formula is C28H39N3O5. The number of aromatic hydroxyl groups is 1. The first kappa shape index (κ1) is 28.7. The highest BCUT2D eigenvalue weighted by Gasteiger charge is 2.36. The highest BCUT2D eigenvalue weighted by molar-refractivity contribution is 5.92. The third kappa shape index (κ3) is 8.29. The maximum Gasteiger partial charge on any atom is 0.408 e. The summed E-state index contributed by atoms with van der Waals surface area (Å²) in [6.07, 6.45) is -0.546. The van der Waals surface area contributed by atoms with Gasteiger partial charge in [0.2, 0.25) is 11.8 Å². The average Bonchev–Trinajstić information content (AvgIpc) is 2.74. The highest BCUT2D eigenvalue weighted by Crippen LogP contribution is 2.32. The third-order valence-electron chi connectivity index (χ3n) is 5.32. The Bertz CT molecular complexity index is 1070. The van der Waals surface area contributed by atoms with Gasteiger partial charge in [0.1, 0.15) is 23.4 Å². The van der Waals surface area contributed by atoms with Gasteiger partial charge in [-0.15, -0.1) is 0 Å². The Labute approximate surface area is 214 Å². The van der Waals surface area contributed by atoms with E-state index in [0.29, 0.717) is 11.1 Å². The molecule has 0 heterocycles. The zero-order chi connectivity index (χ0) is 27.3. The van der Waals surface area contributed by atoms with Crippen LogP contribution in [0.25, 0.3) is 0 Å². The van der Waals surface area contributed by atoms with Gasteiger partial charge in [-0.05, 0) is 59.6 Å². The molecule has 2 aromatic rings. The Morgan fingerprint density at radius 1 is 0.972 bits per heavy atom. The largest absolute Gasteiger partial charge is 0.507 e. The molecule has 0 aliphatic heterocycles. The number of carbonyl (C=O) groups excluding carboxylic acids is 3. The van der Waals surface area contributed by atoms with E-state index in [1.54, 1.807) is 45.9 Å². The molecule has 2 unspecified atom stereocenters. The number of hydrogen-bond donors (Lipinski definition) is 3. The summed E-state index contributed by atoms with van der Waals surface area (Å²) in [5.41, 5.74) is 0.378. The zero-order valence-corrected chi connectivity index (χ0v) is 22.5. The number of aryl methyl sites for hydroxylation is 1. The van der Waals surface area contributed by atoms with Crippen molar-refractivity contribution in [2.24, 2.45) is 0 Å². The molecule has 3 N–H and O–H groups in total. The van der Waals surface area contributed by atoms with E-state index in [0.717, 1.165) is 5.56 Å². The Morgan fingerprint density at radius 3 is 2.14 bits per heavy atom. The van der Waals surface area contributed by atoms with Gasteiger partial charge >= 0.3 is 6.09 Å². The SMILES string of the molecule is Cc1cccc(C(C(=O)NC(C)(C)C)N(C)C(=O)C(Cc2ccccc2)NC(=O)OC(C)(C)C)c1O. The topological polar surface area (TPSA) is 108 Å². The van der Waals surface area contributed by atoms with Gasteiger partial charge in [0, 0.05) is 24.6 Å². The Kier molecular flexibility index (Phi) is 9.13. The number of para-hydroxylation sites is 1. The van der Waals surface area contributed by atoms with Crippen LogP contribution in [0.3, 0.4) is 0 Å². The number of hydrogen-bond acceptors (Lipinski definition) is 5. The van der Waals surface area contributed by atoms with Crippen LogP contribution in [0.1, 0.15) is 64.3 Å². The van der Waals surface area contributed by atoms with E-state index in [1.165, 1.54) is 11.9 Å². The van der Waals surface area contributed by atoms with E-state index in [1.807, 2.05) is 51.1 Å². The van der Waals surface area contributed by atoms with Gasteiger partial charge in [-0.3, -0.25) is 9.59 Å². The van der Waals surface area contributed by atoms with Gasteiger partial charge in [0.25, 0.3) is 0 Å². The van der Waals surface area contributed by atoms with Crippen molar-refractivity contribution < 1.29 is 24.2 Å². The molecule has 0 radical (unpaired) electrons. The molecule has 2 rings (SSSR count). The van der Waals surface area contributed by atoms with Gasteiger partial charge in [0.05, 0.1) is 0 Å². The third-order valence-corrected chi connectivity index (χ3v) is 5.32. The second-order valence-electron chi connectivity index (χ2n) is 11.0. The van der Waals surface area contributed by atoms with Crippen molar-refractivity contribution in [1.29, 1.82) is 0 Å². The standard InChI is InChI=1S/C28H39N3O5/c1-18-13-12-16-20(23(18)32)22(24(33)30-27(2,3)4)31(8)25(34)21(17-19-14-10-9-11-15-19)29-26(35)36-28(5,6)7/h9-16,21-22,32H,17H2,1-8H3,(H,29,35)(H,30,33). The molecule has 0 spiro atoms. The molecule has 0 aliphatic rings. The average molecular weight is 498 g/mol. The summed E-state index contributed by atoms with van der Waals surface area (Å²) in [5.74, 6) is -1.01. The maximum atomic E-state index is 13.8. The Morgan fingerprint density at radius 2 is 1.58 bits per heavy atom. The lowest BCUT2D eigenvalue weighted by molar-refractivity contribution is -0.141. The summed E-state index contributed by atoms with van der Waals surface area (Å²) in [6, 6.07) is 12.2. The molecule has 0 bridgehead atoms. The van der Waals surface area contributed by atoms with Crippen LogP contribution in [0.5, 0.6) is 5.75 Å². The van der Waals surface area contributed by atoms with Crippen LogP contribution in [0.2, 0.25) is 0 Å². The maximum absolute atomic E-state index is 13.8. The molecule has 3 amide bonds. The first-order valence-electron chi connectivity index (χ1n) is 12.0. The molecule has 0 saturated heterocycles. The van der Waals surface area contributed by atoms with Crippen molar-refractivity contribution in [3.05, 3.63) is 65.2 Å². The number of likely N-dealkylation sites (N-methyl/N-ethyl adjacent to an activating group) is 1. The number of carbonyl (C=O) groups is 3. The minimum atomic E-state index is -1.13. The predicted octanol–water partition coefficient (Wildman–Crippen LogP) is 4.25. The molecule has 36 heavy (non-hydrogen) atoms. The van der Waals surface area contributed by atoms with Crippen molar-refractivity contribution in [2.45, 2.75) is 78.1 Å². The molecule has 0 saturated carbocycles. The first-order chi connectivity index (χ1) is 16.6. The smallest absolute Gasteiger partial charge is 0.408 e. The number of phenols is 1. The number of alkyl carbamates (subject to hydrolysis) is 1. The van der Waals surface area contributed by atoms with Gasteiger partial charge in [-0.2, -0.15) is 0 Å². The molecule has 0 aliphatic carbocycles. The quantitative estimate of drug-likeness (QED) is 0.530. The molecule has 0 fully saturated rings. The summed E-state index contributed by atoms with van der Waals surface area (Å²) in [6.45, 7) is 12.4. The van der Waals surface area contributed by atoms with E-state index in [9.17, 15) is 19.5 Å². The molecule has 8 nitrogen and oxygen atoms in total. The fourth-order valence-corrected chi connectivity index (χ4v) is 3.74. The van der Waals surface area contributed by atoms with Gasteiger partial charge in [-0.25, -0.2) is 4.79 Å². The molecule has 196 valence electrons. The zero-order valence-electron chi connectivity index (χ0n) is 22.5. The lowest BCUT2D eigenvalue weighted by Crippen LogP contribution is -2.54. The number of benzene rings is 2. The number of nitrogens with one attached hydrogen (secondary N) is 2. The van der Waals surface area contributed by atoms with Crippen molar-refractivity contribution in [1.82, 2.24) is 15.5 Å². The number of amides is 3. The summed E-state index contributed by atoms with van der Waals surface area (Å²) in [7, 11) is 1.49. The minimum Gasteiger partial charge on any atom is -0.507 e. The number of nitrogens with zero attached hydrogens (tertiary/aromatic N) is 1. The van der Waals surface area contributed by atoms with Gasteiger partial charge in [-0.1, -0.05) is 48.5 Å². The van der Waals surface area contributed by atoms with Gasteiger partial charge in [0.15, 0.2) is 0 Å². The lowest BCUT2D eigenvalue weighted by Gasteiger charge is -2.34. The number of phenolic OH excluding ortho intramolecular Hbond substituents is 1. The summed E-state index contributed by atoms with van der Waals surface area (Å²) in [5, 5.41) is 16.4. The summed E-state index contributed by atoms with van der Waals surface area (Å²) in [4.78, 5) is 41.1. The Hall–Kier alpha value is -3.55. The second-order valence-corrected chi connectivity index (χ2v) is 11.0. The van der Waals surface area contributed by atoms with Crippen LogP contribution in [0.4, 0.5) is 4.79 Å². The van der Waals surface area contributed by atoms with E-state index in [4.69, 9.17) is 4.74 Å². The molecule has 8 heteroatoms. The Balaban J connectivity index is 2.47. The monoisotopic (exact) mass is 497 g/mol. The summed E-state index contributed by atoms with van der Waals surface area (Å²) < 4.78 is 5.39. The van der Waals surface area contributed by atoms with E-state index < -0.39 is 41.1 Å². The molecular weight excluding hydrogens is 458 g/mol. The van der Waals surface area contributed by atoms with E-state index in [2.05, 4.69) is 10.6 Å². The number of ether oxygens (including phenoxy) is 1. The van der Waals surface area contributed by atoms with Crippen molar-refractivity contribution >= 4 is 17.9 Å². The fourth-order valence-electron chi connectivity index (χ4n) is 3.74. The molecule has 2 aromatic carbocycles. The molecule has 2 atom stereocenters. The first-order valence-corrected chi connectivity index (χ1v) is 12.0. The van der Waals surface area contributed by atoms with Crippen molar-refractivity contribution in [3.63, 3.8) is 0 Å². The van der Waals surface area contributed by atoms with Crippen molar-refractivity contribution in [3.8, 4) is 5.75 Å². The summed E-state index contributed by atoms with van der Waals surface area (Å²) >= 11 is 0. The lowest BCUT2D eigenvalue weighted by atomic mass is 9.97. The van der Waals surface area contributed by atoms with E-state index >= 15 is 0 Å². The molecule has 0 aromatic heterocycles. The van der Waals surface area contributed by atoms with Crippen LogP contribution in [-0.2, 0) is 20.7 Å². The second kappa shape index (κ2) is 11.5. The van der Waals surface area contributed by atoms with Crippen LogP contribution < -0.4 is 10.6 Å². The fraction of sp³-hybridized carbons (Fsp3) is 0.464. The normalized spacial score (nSPS) is 13.3. The van der Waals surface area contributed by atoms with Crippen LogP contribution >= 0.6 is 0 Å². The van der Waals surface area contributed by atoms with Crippen LogP contribution in [0.15, 0.2) is 48.5 Å². The van der Waals surface area contributed by atoms with E-state index in [-0.39, 0.29) is 12.2 Å². The minimum absolute atomic E-state index is 0.0640. The van der Waals surface area contributed by atoms with Crippen molar-refractivity contribution in [2.75, 3.05) is 7.05 Å². The van der Waals surface area contributed by atoms with Gasteiger partial charge < -0.3 is 25.4 Å². The number of rotatable bonds is 7. The van der Waals surface area contributed by atoms with Crippen LogP contribution in [0, 0.1) is 6.92 Å². The predicted molar refractivity (Wildman–Crippen MR) is 140 cm³/mol.